The second-order valence-corrected chi connectivity index (χ2v) is 18.2. The molecule has 0 radical (unpaired) electrons. The van der Waals surface area contributed by atoms with Crippen LogP contribution in [0.1, 0.15) is 50.7 Å². The van der Waals surface area contributed by atoms with Gasteiger partial charge in [-0.2, -0.15) is 0 Å². The van der Waals surface area contributed by atoms with E-state index in [-0.39, 0.29) is 28.8 Å². The first-order valence-electron chi connectivity index (χ1n) is 17.7. The maximum Gasteiger partial charge on any atom is 0.265 e. The summed E-state index contributed by atoms with van der Waals surface area (Å²) in [4.78, 5) is 49.2. The van der Waals surface area contributed by atoms with Gasteiger partial charge in [-0.15, -0.1) is 6.58 Å². The highest BCUT2D eigenvalue weighted by Crippen LogP contribution is 2.46. The number of amides is 3. The predicted octanol–water partition coefficient (Wildman–Crippen LogP) is 3.18. The number of benzene rings is 3. The van der Waals surface area contributed by atoms with Crippen molar-refractivity contribution in [3.8, 4) is 11.1 Å². The maximum atomic E-state index is 14.5. The summed E-state index contributed by atoms with van der Waals surface area (Å²) < 4.78 is 54.5. The summed E-state index contributed by atoms with van der Waals surface area (Å²) in [6.45, 7) is 6.64. The Morgan fingerprint density at radius 3 is 2.06 bits per heavy atom. The number of sulfonamides is 2. The number of oxime groups is 1. The number of hydrogen-bond donors (Lipinski definition) is 3. The van der Waals surface area contributed by atoms with E-state index in [0.29, 0.717) is 18.6 Å². The summed E-state index contributed by atoms with van der Waals surface area (Å²) in [5.41, 5.74) is 2.52. The van der Waals surface area contributed by atoms with Gasteiger partial charge in [0, 0.05) is 23.5 Å². The third-order valence-corrected chi connectivity index (χ3v) is 13.9. The van der Waals surface area contributed by atoms with Crippen molar-refractivity contribution in [3.05, 3.63) is 103 Å². The molecule has 1 heterocycles. The zero-order chi connectivity index (χ0) is 38.6. The van der Waals surface area contributed by atoms with E-state index in [4.69, 9.17) is 4.84 Å². The van der Waals surface area contributed by atoms with E-state index in [1.54, 1.807) is 19.9 Å². The Kier molecular flexibility index (Phi) is 9.75. The average Bonchev–Trinajstić information content (AvgIpc) is 4.07. The molecule has 7 rings (SSSR count). The van der Waals surface area contributed by atoms with Crippen molar-refractivity contribution < 1.29 is 41.3 Å². The second kappa shape index (κ2) is 14.1. The number of rotatable bonds is 13. The van der Waals surface area contributed by atoms with Crippen molar-refractivity contribution >= 4 is 43.5 Å². The van der Waals surface area contributed by atoms with Crippen molar-refractivity contribution in [2.45, 2.75) is 73.4 Å². The Balaban J connectivity index is 1.19. The van der Waals surface area contributed by atoms with Crippen LogP contribution in [0.2, 0.25) is 0 Å². The zero-order valence-electron chi connectivity index (χ0n) is 29.7. The van der Waals surface area contributed by atoms with Gasteiger partial charge in [-0.3, -0.25) is 24.3 Å². The first-order valence-corrected chi connectivity index (χ1v) is 20.7. The molecule has 3 aliphatic carbocycles. The first kappa shape index (κ1) is 37.4. The van der Waals surface area contributed by atoms with Gasteiger partial charge in [0.2, 0.25) is 21.8 Å². The number of fused-ring (bicyclic) bond motifs is 3. The number of hydrogen-bond acceptors (Lipinski definition) is 10. The lowest BCUT2D eigenvalue weighted by Crippen LogP contribution is -2.59. The lowest BCUT2D eigenvalue weighted by Gasteiger charge is -2.33. The van der Waals surface area contributed by atoms with Gasteiger partial charge in [0.05, 0.1) is 16.7 Å². The largest absolute Gasteiger partial charge is 0.390 e. The molecule has 3 aromatic carbocycles. The van der Waals surface area contributed by atoms with Crippen LogP contribution < -0.4 is 10.0 Å². The van der Waals surface area contributed by atoms with Crippen LogP contribution in [-0.2, 0) is 39.3 Å². The van der Waals surface area contributed by atoms with Crippen LogP contribution in [0.4, 0.5) is 0 Å². The van der Waals surface area contributed by atoms with E-state index >= 15 is 0 Å². The number of nitrogens with one attached hydrogen (secondary N) is 2. The van der Waals surface area contributed by atoms with Gasteiger partial charge in [-0.25, -0.2) is 16.8 Å². The molecule has 3 fully saturated rings. The van der Waals surface area contributed by atoms with Crippen LogP contribution >= 0.6 is 0 Å². The highest BCUT2D eigenvalue weighted by Gasteiger charge is 2.62. The molecule has 14 nitrogen and oxygen atoms in total. The SMILES string of the molecule is C=C[C@@H]1C[C@@]1(NC(=O)[C@@H]1C[C@@H](ON=C2c3ccccc3-c3ccccc32)CN1C(=O)[C@@H](C(C)C)N(O)S(=O)(=O)c1ccccc1)C(=O)NS(=O)(=O)C1CC1. The number of likely N-dealkylation sites (tertiary alicyclic amines) is 1. The van der Waals surface area contributed by atoms with Crippen molar-refractivity contribution in [1.82, 2.24) is 19.4 Å². The molecule has 5 atom stereocenters. The van der Waals surface area contributed by atoms with E-state index in [1.807, 2.05) is 48.5 Å². The first-order chi connectivity index (χ1) is 25.7. The minimum Gasteiger partial charge on any atom is -0.390 e. The summed E-state index contributed by atoms with van der Waals surface area (Å²) >= 11 is 0. The molecule has 1 aliphatic heterocycles. The molecule has 1 saturated heterocycles. The molecule has 4 aliphatic rings. The van der Waals surface area contributed by atoms with Crippen molar-refractivity contribution in [2.75, 3.05) is 6.54 Å². The Hall–Kier alpha value is -4.90. The molecule has 16 heteroatoms. The molecule has 0 unspecified atom stereocenters. The highest BCUT2D eigenvalue weighted by atomic mass is 32.2. The lowest BCUT2D eigenvalue weighted by atomic mass is 10.0. The molecule has 2 saturated carbocycles. The van der Waals surface area contributed by atoms with Gasteiger partial charge < -0.3 is 15.1 Å². The third-order valence-electron chi connectivity index (χ3n) is 10.5. The minimum absolute atomic E-state index is 0.0252. The van der Waals surface area contributed by atoms with Gasteiger partial charge in [0.15, 0.2) is 0 Å². The summed E-state index contributed by atoms with van der Waals surface area (Å²) in [5, 5.41) is 17.8. The van der Waals surface area contributed by atoms with Crippen LogP contribution in [-0.4, -0.2) is 90.4 Å². The molecule has 54 heavy (non-hydrogen) atoms. The minimum atomic E-state index is -4.58. The molecule has 0 aromatic heterocycles. The van der Waals surface area contributed by atoms with Crippen LogP contribution in [0.25, 0.3) is 11.1 Å². The fourth-order valence-corrected chi connectivity index (χ4v) is 9.97. The van der Waals surface area contributed by atoms with E-state index in [9.17, 15) is 36.4 Å². The van der Waals surface area contributed by atoms with Gasteiger partial charge in [-0.05, 0) is 48.4 Å². The van der Waals surface area contributed by atoms with E-state index in [0.717, 1.165) is 27.2 Å². The standard InChI is InChI=1S/C38H41N5O9S2/c1-4-24-21-38(24,37(46)41-53(48,49)26-18-19-26)39-35(44)32-20-25(52-40-33-30-16-10-8-14-28(30)29-15-9-11-17-31(29)33)22-42(32)36(45)34(23(2)3)43(47)54(50,51)27-12-6-5-7-13-27/h4-17,23-26,32,34,47H,1,18-22H2,2-3H3,(H,39,44)(H,41,46)/t24-,25-,32+,34-,38+/m1/s1. The Morgan fingerprint density at radius 1 is 0.944 bits per heavy atom. The molecular formula is C38H41N5O9S2. The van der Waals surface area contributed by atoms with E-state index in [2.05, 4.69) is 21.8 Å². The van der Waals surface area contributed by atoms with Crippen molar-refractivity contribution in [1.29, 1.82) is 0 Å². The fourth-order valence-electron chi connectivity index (χ4n) is 7.26. The van der Waals surface area contributed by atoms with Gasteiger partial charge in [0.1, 0.15) is 29.4 Å². The second-order valence-electron chi connectivity index (χ2n) is 14.5. The Labute approximate surface area is 313 Å². The number of carbonyl (C=O) groups is 3. The maximum absolute atomic E-state index is 14.5. The molecule has 284 valence electrons. The Bertz CT molecular complexity index is 2210. The lowest BCUT2D eigenvalue weighted by molar-refractivity contribution is -0.152. The summed E-state index contributed by atoms with van der Waals surface area (Å²) in [6, 6.07) is 19.5. The van der Waals surface area contributed by atoms with E-state index < -0.39 is 78.6 Å². The van der Waals surface area contributed by atoms with Crippen molar-refractivity contribution in [2.24, 2.45) is 17.0 Å². The summed E-state index contributed by atoms with van der Waals surface area (Å²) in [5.74, 6) is -3.94. The monoisotopic (exact) mass is 775 g/mol. The van der Waals surface area contributed by atoms with Gasteiger partial charge >= 0.3 is 0 Å². The highest BCUT2D eigenvalue weighted by molar-refractivity contribution is 7.91. The van der Waals surface area contributed by atoms with Crippen LogP contribution in [0, 0.1) is 11.8 Å². The van der Waals surface area contributed by atoms with Gasteiger partial charge in [0.25, 0.3) is 15.9 Å². The summed E-state index contributed by atoms with van der Waals surface area (Å²) in [6.07, 6.45) is 1.39. The van der Waals surface area contributed by atoms with Crippen LogP contribution in [0.5, 0.6) is 0 Å². The topological polar surface area (TPSA) is 192 Å². The van der Waals surface area contributed by atoms with Crippen LogP contribution in [0.15, 0.2) is 102 Å². The van der Waals surface area contributed by atoms with Gasteiger partial charge in [-0.1, -0.05) is 96.3 Å². The smallest absolute Gasteiger partial charge is 0.265 e. The molecule has 0 spiro atoms. The third kappa shape index (κ3) is 6.71. The van der Waals surface area contributed by atoms with Crippen LogP contribution in [0.3, 0.4) is 0 Å². The predicted molar refractivity (Wildman–Crippen MR) is 198 cm³/mol. The average molecular weight is 776 g/mol. The molecule has 3 aromatic rings. The number of hydroxylamine groups is 1. The number of carbonyl (C=O) groups excluding carboxylic acids is 3. The summed E-state index contributed by atoms with van der Waals surface area (Å²) in [7, 11) is -8.53. The zero-order valence-corrected chi connectivity index (χ0v) is 31.3. The quantitative estimate of drug-likeness (QED) is 0.135. The molecule has 0 bridgehead atoms. The fraction of sp³-hybridized carbons (Fsp3) is 0.368. The normalized spacial score (nSPS) is 23.7. The van der Waals surface area contributed by atoms with Crippen molar-refractivity contribution in [3.63, 3.8) is 0 Å². The molecular weight excluding hydrogens is 735 g/mol. The number of nitrogens with zero attached hydrogens (tertiary/aromatic N) is 3. The molecule has 3 N–H and O–H groups in total. The van der Waals surface area contributed by atoms with E-state index in [1.165, 1.54) is 30.3 Å². The molecule has 3 amide bonds. The Morgan fingerprint density at radius 2 is 1.52 bits per heavy atom.